The minimum Gasteiger partial charge on any atom is -0.330 e. The first-order valence-electron chi connectivity index (χ1n) is 5.29. The Morgan fingerprint density at radius 2 is 1.81 bits per heavy atom. The third-order valence-corrected chi connectivity index (χ3v) is 4.15. The molecule has 0 saturated heterocycles. The molecule has 2 N–H and O–H groups in total. The van der Waals surface area contributed by atoms with Crippen molar-refractivity contribution in [2.75, 3.05) is 6.54 Å². The van der Waals surface area contributed by atoms with E-state index in [1.807, 2.05) is 0 Å². The minimum absolute atomic E-state index is 0.719. The molecule has 0 fully saturated rings. The lowest BCUT2D eigenvalue weighted by Gasteiger charge is -2.01. The van der Waals surface area contributed by atoms with E-state index in [0.717, 1.165) is 19.4 Å². The summed E-state index contributed by atoms with van der Waals surface area (Å²) in [6.07, 6.45) is 1.98. The average Bonchev–Trinajstić information content (AvgIpc) is 2.67. The number of halogens is 1. The Kier molecular flexibility index (Phi) is 4.16. The first kappa shape index (κ1) is 11.8. The zero-order chi connectivity index (χ0) is 11.4. The van der Waals surface area contributed by atoms with Crippen LogP contribution in [0.5, 0.6) is 0 Å². The van der Waals surface area contributed by atoms with Gasteiger partial charge in [-0.15, -0.1) is 11.3 Å². The maximum Gasteiger partial charge on any atom is 0.0285 e. The van der Waals surface area contributed by atoms with Crippen LogP contribution in [-0.4, -0.2) is 6.54 Å². The van der Waals surface area contributed by atoms with E-state index in [2.05, 4.69) is 51.6 Å². The van der Waals surface area contributed by atoms with Crippen LogP contribution < -0.4 is 5.73 Å². The van der Waals surface area contributed by atoms with Gasteiger partial charge in [-0.05, 0) is 46.1 Å². The molecule has 1 aromatic carbocycles. The van der Waals surface area contributed by atoms with Crippen molar-refractivity contribution in [3.05, 3.63) is 56.2 Å². The van der Waals surface area contributed by atoms with Gasteiger partial charge in [-0.3, -0.25) is 0 Å². The molecule has 16 heavy (non-hydrogen) atoms. The van der Waals surface area contributed by atoms with Crippen molar-refractivity contribution in [2.45, 2.75) is 12.8 Å². The summed E-state index contributed by atoms with van der Waals surface area (Å²) in [5, 5.41) is 2.12. The smallest absolute Gasteiger partial charge is 0.0285 e. The Bertz CT molecular complexity index is 447. The van der Waals surface area contributed by atoms with Crippen LogP contribution in [0.15, 0.2) is 40.2 Å². The van der Waals surface area contributed by atoms with Crippen molar-refractivity contribution in [1.82, 2.24) is 0 Å². The molecule has 3 heteroatoms. The first-order valence-corrected chi connectivity index (χ1v) is 6.96. The zero-order valence-corrected chi connectivity index (χ0v) is 11.4. The number of benzene rings is 1. The molecule has 1 aromatic heterocycles. The third kappa shape index (κ3) is 3.17. The molecule has 2 rings (SSSR count). The van der Waals surface area contributed by atoms with Crippen LogP contribution in [0.4, 0.5) is 0 Å². The molecule has 0 bridgehead atoms. The fourth-order valence-electron chi connectivity index (χ4n) is 1.64. The summed E-state index contributed by atoms with van der Waals surface area (Å²) < 4.78 is 1.17. The third-order valence-electron chi connectivity index (χ3n) is 2.46. The Labute approximate surface area is 108 Å². The van der Waals surface area contributed by atoms with E-state index >= 15 is 0 Å². The molecule has 0 atom stereocenters. The average molecular weight is 296 g/mol. The van der Waals surface area contributed by atoms with Crippen LogP contribution in [0.1, 0.15) is 16.0 Å². The Hall–Kier alpha value is -0.640. The van der Waals surface area contributed by atoms with Gasteiger partial charge in [0, 0.05) is 21.2 Å². The van der Waals surface area contributed by atoms with E-state index in [9.17, 15) is 0 Å². The molecule has 0 aliphatic carbocycles. The zero-order valence-electron chi connectivity index (χ0n) is 8.95. The van der Waals surface area contributed by atoms with E-state index < -0.39 is 0 Å². The Morgan fingerprint density at radius 3 is 2.38 bits per heavy atom. The highest BCUT2D eigenvalue weighted by Crippen LogP contribution is 2.22. The SMILES string of the molecule is NCCc1ccc(Cc2cc(Br)cs2)cc1. The summed E-state index contributed by atoms with van der Waals surface area (Å²) in [5.41, 5.74) is 8.20. The van der Waals surface area contributed by atoms with E-state index in [1.165, 1.54) is 20.5 Å². The fraction of sp³-hybridized carbons (Fsp3) is 0.231. The lowest BCUT2D eigenvalue weighted by molar-refractivity contribution is 0.967. The number of nitrogens with two attached hydrogens (primary N) is 1. The number of hydrogen-bond donors (Lipinski definition) is 1. The number of rotatable bonds is 4. The standard InChI is InChI=1S/C13H14BrNS/c14-12-8-13(16-9-12)7-11-3-1-10(2-4-11)5-6-15/h1-4,8-9H,5-7,15H2. The largest absolute Gasteiger partial charge is 0.330 e. The molecule has 1 heterocycles. The second kappa shape index (κ2) is 5.62. The van der Waals surface area contributed by atoms with Gasteiger partial charge in [0.2, 0.25) is 0 Å². The fourth-order valence-corrected chi connectivity index (χ4v) is 3.12. The van der Waals surface area contributed by atoms with Gasteiger partial charge in [-0.1, -0.05) is 24.3 Å². The molecule has 0 saturated carbocycles. The lowest BCUT2D eigenvalue weighted by atomic mass is 10.1. The van der Waals surface area contributed by atoms with Crippen molar-refractivity contribution >= 4 is 27.3 Å². The number of hydrogen-bond acceptors (Lipinski definition) is 2. The molecule has 0 aliphatic heterocycles. The van der Waals surface area contributed by atoms with Crippen LogP contribution in [0.25, 0.3) is 0 Å². The van der Waals surface area contributed by atoms with Crippen molar-refractivity contribution in [3.8, 4) is 0 Å². The van der Waals surface area contributed by atoms with Crippen LogP contribution in [0.3, 0.4) is 0 Å². The lowest BCUT2D eigenvalue weighted by Crippen LogP contribution is -2.02. The normalized spacial score (nSPS) is 10.6. The predicted octanol–water partition coefficient (Wildman–Crippen LogP) is 3.60. The predicted molar refractivity (Wildman–Crippen MR) is 74.0 cm³/mol. The molecule has 0 radical (unpaired) electrons. The minimum atomic E-state index is 0.719. The molecule has 2 aromatic rings. The van der Waals surface area contributed by atoms with Gasteiger partial charge in [0.15, 0.2) is 0 Å². The van der Waals surface area contributed by atoms with Crippen LogP contribution in [0, 0.1) is 0 Å². The maximum absolute atomic E-state index is 5.52. The Balaban J connectivity index is 2.05. The van der Waals surface area contributed by atoms with Gasteiger partial charge in [0.05, 0.1) is 0 Å². The highest BCUT2D eigenvalue weighted by molar-refractivity contribution is 9.10. The summed E-state index contributed by atoms with van der Waals surface area (Å²) in [6, 6.07) is 10.9. The van der Waals surface area contributed by atoms with E-state index in [1.54, 1.807) is 11.3 Å². The van der Waals surface area contributed by atoms with Gasteiger partial charge >= 0.3 is 0 Å². The van der Waals surface area contributed by atoms with Gasteiger partial charge in [0.25, 0.3) is 0 Å². The summed E-state index contributed by atoms with van der Waals surface area (Å²) in [7, 11) is 0. The number of thiophene rings is 1. The molecule has 0 unspecified atom stereocenters. The monoisotopic (exact) mass is 295 g/mol. The van der Waals surface area contributed by atoms with E-state index in [4.69, 9.17) is 5.73 Å². The summed E-state index contributed by atoms with van der Waals surface area (Å²) >= 11 is 5.27. The molecule has 0 aliphatic rings. The molecule has 0 amide bonds. The summed E-state index contributed by atoms with van der Waals surface area (Å²) in [5.74, 6) is 0. The van der Waals surface area contributed by atoms with Crippen molar-refractivity contribution in [2.24, 2.45) is 5.73 Å². The molecular formula is C13H14BrNS. The van der Waals surface area contributed by atoms with Crippen molar-refractivity contribution < 1.29 is 0 Å². The van der Waals surface area contributed by atoms with Gasteiger partial charge in [-0.25, -0.2) is 0 Å². The van der Waals surface area contributed by atoms with Crippen LogP contribution >= 0.6 is 27.3 Å². The Morgan fingerprint density at radius 1 is 1.12 bits per heavy atom. The van der Waals surface area contributed by atoms with E-state index in [-0.39, 0.29) is 0 Å². The molecule has 84 valence electrons. The molecule has 0 spiro atoms. The molecular weight excluding hydrogens is 282 g/mol. The second-order valence-corrected chi connectivity index (χ2v) is 5.67. The van der Waals surface area contributed by atoms with Crippen LogP contribution in [0.2, 0.25) is 0 Å². The van der Waals surface area contributed by atoms with Gasteiger partial charge < -0.3 is 5.73 Å². The van der Waals surface area contributed by atoms with Crippen LogP contribution in [-0.2, 0) is 12.8 Å². The quantitative estimate of drug-likeness (QED) is 0.916. The van der Waals surface area contributed by atoms with Gasteiger partial charge in [-0.2, -0.15) is 0 Å². The highest BCUT2D eigenvalue weighted by atomic mass is 79.9. The van der Waals surface area contributed by atoms with Crippen molar-refractivity contribution in [1.29, 1.82) is 0 Å². The maximum atomic E-state index is 5.52. The van der Waals surface area contributed by atoms with Crippen molar-refractivity contribution in [3.63, 3.8) is 0 Å². The van der Waals surface area contributed by atoms with E-state index in [0.29, 0.717) is 0 Å². The molecule has 1 nitrogen and oxygen atoms in total. The van der Waals surface area contributed by atoms with Gasteiger partial charge in [0.1, 0.15) is 0 Å². The summed E-state index contributed by atoms with van der Waals surface area (Å²) in [6.45, 7) is 0.719. The second-order valence-electron chi connectivity index (χ2n) is 3.76. The topological polar surface area (TPSA) is 26.0 Å². The summed E-state index contributed by atoms with van der Waals surface area (Å²) in [4.78, 5) is 1.39. The first-order chi connectivity index (χ1) is 7.78. The highest BCUT2D eigenvalue weighted by Gasteiger charge is 2.00.